The number of aromatic hydroxyl groups is 2. The summed E-state index contributed by atoms with van der Waals surface area (Å²) in [4.78, 5) is 17.6. The summed E-state index contributed by atoms with van der Waals surface area (Å²) < 4.78 is 0. The molecule has 2 rings (SSSR count). The summed E-state index contributed by atoms with van der Waals surface area (Å²) in [5.74, 6) is 0.508. The SMILES string of the molecule is Cc1nc(CN(C)C(=O)c2cc(O)cc(O)c2)n[nH]1. The van der Waals surface area contributed by atoms with E-state index in [1.165, 1.54) is 17.0 Å². The minimum Gasteiger partial charge on any atom is -0.508 e. The van der Waals surface area contributed by atoms with Crippen LogP contribution in [0.2, 0.25) is 0 Å². The molecule has 1 heterocycles. The number of aromatic amines is 1. The fraction of sp³-hybridized carbons (Fsp3) is 0.250. The van der Waals surface area contributed by atoms with Crippen molar-refractivity contribution in [3.8, 4) is 11.5 Å². The van der Waals surface area contributed by atoms with E-state index in [0.717, 1.165) is 6.07 Å². The standard InChI is InChI=1S/C12H14N4O3/c1-7-13-11(15-14-7)6-16(2)12(19)8-3-9(17)5-10(18)4-8/h3-5,17-18H,6H2,1-2H3,(H,13,14,15). The van der Waals surface area contributed by atoms with E-state index in [4.69, 9.17) is 0 Å². The lowest BCUT2D eigenvalue weighted by atomic mass is 10.2. The van der Waals surface area contributed by atoms with Crippen molar-refractivity contribution in [1.82, 2.24) is 20.1 Å². The van der Waals surface area contributed by atoms with Gasteiger partial charge in [0.2, 0.25) is 0 Å². The number of aryl methyl sites for hydroxylation is 1. The minimum absolute atomic E-state index is 0.162. The van der Waals surface area contributed by atoms with Crippen LogP contribution in [0.1, 0.15) is 22.0 Å². The fourth-order valence-electron chi connectivity index (χ4n) is 1.68. The Morgan fingerprint density at radius 3 is 2.47 bits per heavy atom. The number of phenols is 2. The predicted molar refractivity (Wildman–Crippen MR) is 66.7 cm³/mol. The Morgan fingerprint density at radius 1 is 1.32 bits per heavy atom. The van der Waals surface area contributed by atoms with E-state index in [1.54, 1.807) is 14.0 Å². The number of benzene rings is 1. The number of carbonyl (C=O) groups excluding carboxylic acids is 1. The normalized spacial score (nSPS) is 10.4. The van der Waals surface area contributed by atoms with Crippen LogP contribution in [0, 0.1) is 6.92 Å². The Balaban J connectivity index is 2.14. The molecule has 3 N–H and O–H groups in total. The van der Waals surface area contributed by atoms with Gasteiger partial charge in [-0.15, -0.1) is 0 Å². The third kappa shape index (κ3) is 3.01. The zero-order chi connectivity index (χ0) is 14.0. The second-order valence-corrected chi connectivity index (χ2v) is 4.24. The zero-order valence-electron chi connectivity index (χ0n) is 10.6. The monoisotopic (exact) mass is 262 g/mol. The summed E-state index contributed by atoms with van der Waals surface area (Å²) in [6, 6.07) is 3.75. The van der Waals surface area contributed by atoms with E-state index in [0.29, 0.717) is 11.6 Å². The molecule has 0 saturated heterocycles. The lowest BCUT2D eigenvalue weighted by Crippen LogP contribution is -2.26. The summed E-state index contributed by atoms with van der Waals surface area (Å²) in [6.07, 6.45) is 0. The molecule has 100 valence electrons. The van der Waals surface area contributed by atoms with Gasteiger partial charge in [-0.1, -0.05) is 0 Å². The highest BCUT2D eigenvalue weighted by atomic mass is 16.3. The lowest BCUT2D eigenvalue weighted by molar-refractivity contribution is 0.0781. The van der Waals surface area contributed by atoms with Gasteiger partial charge in [0.25, 0.3) is 5.91 Å². The van der Waals surface area contributed by atoms with Crippen molar-refractivity contribution in [3.05, 3.63) is 35.4 Å². The Hall–Kier alpha value is -2.57. The second kappa shape index (κ2) is 4.97. The molecular weight excluding hydrogens is 248 g/mol. The van der Waals surface area contributed by atoms with E-state index in [1.807, 2.05) is 0 Å². The molecule has 0 atom stereocenters. The van der Waals surface area contributed by atoms with Crippen molar-refractivity contribution in [2.24, 2.45) is 0 Å². The number of hydrogen-bond acceptors (Lipinski definition) is 5. The first-order valence-electron chi connectivity index (χ1n) is 5.62. The molecule has 0 aliphatic carbocycles. The number of carbonyl (C=O) groups is 1. The van der Waals surface area contributed by atoms with E-state index < -0.39 is 0 Å². The van der Waals surface area contributed by atoms with Gasteiger partial charge in [0.1, 0.15) is 17.3 Å². The largest absolute Gasteiger partial charge is 0.508 e. The molecule has 2 aromatic rings. The molecule has 0 aliphatic heterocycles. The van der Waals surface area contributed by atoms with Gasteiger partial charge < -0.3 is 15.1 Å². The van der Waals surface area contributed by atoms with Crippen molar-refractivity contribution in [2.45, 2.75) is 13.5 Å². The van der Waals surface area contributed by atoms with Crippen LogP contribution in [0.5, 0.6) is 11.5 Å². The van der Waals surface area contributed by atoms with E-state index >= 15 is 0 Å². The smallest absolute Gasteiger partial charge is 0.254 e. The van der Waals surface area contributed by atoms with E-state index in [2.05, 4.69) is 15.2 Å². The van der Waals surface area contributed by atoms with E-state index in [9.17, 15) is 15.0 Å². The molecule has 0 bridgehead atoms. The number of aromatic nitrogens is 3. The second-order valence-electron chi connectivity index (χ2n) is 4.24. The highest BCUT2D eigenvalue weighted by Crippen LogP contribution is 2.21. The third-order valence-electron chi connectivity index (χ3n) is 2.52. The molecule has 0 saturated carbocycles. The summed E-state index contributed by atoms with van der Waals surface area (Å²) in [5.41, 5.74) is 0.201. The van der Waals surface area contributed by atoms with Crippen molar-refractivity contribution < 1.29 is 15.0 Å². The average molecular weight is 262 g/mol. The van der Waals surface area contributed by atoms with Gasteiger partial charge >= 0.3 is 0 Å². The van der Waals surface area contributed by atoms with Gasteiger partial charge in [-0.25, -0.2) is 4.98 Å². The van der Waals surface area contributed by atoms with Gasteiger partial charge in [0.15, 0.2) is 5.82 Å². The molecule has 0 radical (unpaired) electrons. The van der Waals surface area contributed by atoms with Gasteiger partial charge in [0.05, 0.1) is 6.54 Å². The zero-order valence-corrected chi connectivity index (χ0v) is 10.6. The number of H-pyrrole nitrogens is 1. The molecule has 0 spiro atoms. The summed E-state index contributed by atoms with van der Waals surface area (Å²) in [7, 11) is 1.59. The summed E-state index contributed by atoms with van der Waals surface area (Å²) in [6.45, 7) is 2.01. The van der Waals surface area contributed by atoms with Gasteiger partial charge in [-0.2, -0.15) is 5.10 Å². The Bertz CT molecular complexity index is 589. The predicted octanol–water partition coefficient (Wildman–Crippen LogP) is 0.797. The highest BCUT2D eigenvalue weighted by Gasteiger charge is 2.15. The summed E-state index contributed by atoms with van der Waals surface area (Å²) in [5, 5.41) is 25.3. The minimum atomic E-state index is -0.339. The molecule has 1 amide bonds. The van der Waals surface area contributed by atoms with Crippen molar-refractivity contribution in [2.75, 3.05) is 7.05 Å². The van der Waals surface area contributed by atoms with Crippen LogP contribution in [0.4, 0.5) is 0 Å². The Morgan fingerprint density at radius 2 is 1.95 bits per heavy atom. The molecule has 7 nitrogen and oxygen atoms in total. The number of hydrogen-bond donors (Lipinski definition) is 3. The van der Waals surface area contributed by atoms with Gasteiger partial charge in [0, 0.05) is 18.7 Å². The Labute approximate surface area is 109 Å². The maximum Gasteiger partial charge on any atom is 0.254 e. The van der Waals surface area contributed by atoms with Crippen molar-refractivity contribution in [1.29, 1.82) is 0 Å². The van der Waals surface area contributed by atoms with Crippen LogP contribution in [-0.2, 0) is 6.54 Å². The van der Waals surface area contributed by atoms with Crippen LogP contribution in [-0.4, -0.2) is 43.2 Å². The quantitative estimate of drug-likeness (QED) is 0.759. The lowest BCUT2D eigenvalue weighted by Gasteiger charge is -2.15. The highest BCUT2D eigenvalue weighted by molar-refractivity contribution is 5.94. The number of nitrogens with one attached hydrogen (secondary N) is 1. The van der Waals surface area contributed by atoms with Gasteiger partial charge in [-0.05, 0) is 19.1 Å². The summed E-state index contributed by atoms with van der Waals surface area (Å²) >= 11 is 0. The van der Waals surface area contributed by atoms with Crippen LogP contribution in [0.3, 0.4) is 0 Å². The first-order chi connectivity index (χ1) is 8.95. The van der Waals surface area contributed by atoms with Crippen LogP contribution < -0.4 is 0 Å². The van der Waals surface area contributed by atoms with Crippen molar-refractivity contribution >= 4 is 5.91 Å². The first kappa shape index (κ1) is 12.9. The number of phenolic OH excluding ortho intramolecular Hbond substituents is 2. The maximum absolute atomic E-state index is 12.1. The first-order valence-corrected chi connectivity index (χ1v) is 5.62. The number of nitrogens with zero attached hydrogens (tertiary/aromatic N) is 3. The van der Waals surface area contributed by atoms with Crippen LogP contribution in [0.25, 0.3) is 0 Å². The molecule has 0 fully saturated rings. The third-order valence-corrected chi connectivity index (χ3v) is 2.52. The van der Waals surface area contributed by atoms with Crippen LogP contribution >= 0.6 is 0 Å². The molecule has 1 aromatic carbocycles. The fourth-order valence-corrected chi connectivity index (χ4v) is 1.68. The van der Waals surface area contributed by atoms with Crippen molar-refractivity contribution in [3.63, 3.8) is 0 Å². The van der Waals surface area contributed by atoms with E-state index in [-0.39, 0.29) is 29.5 Å². The topological polar surface area (TPSA) is 102 Å². The maximum atomic E-state index is 12.1. The molecular formula is C12H14N4O3. The Kier molecular flexibility index (Phi) is 3.37. The molecule has 1 aromatic heterocycles. The number of amides is 1. The van der Waals surface area contributed by atoms with Gasteiger partial charge in [-0.3, -0.25) is 9.89 Å². The number of rotatable bonds is 3. The van der Waals surface area contributed by atoms with Crippen LogP contribution in [0.15, 0.2) is 18.2 Å². The average Bonchev–Trinajstić information content (AvgIpc) is 2.72. The molecule has 19 heavy (non-hydrogen) atoms. The molecule has 0 aliphatic rings. The molecule has 7 heteroatoms. The molecule has 0 unspecified atom stereocenters.